The van der Waals surface area contributed by atoms with E-state index >= 15 is 0 Å². The Bertz CT molecular complexity index is 1050. The van der Waals surface area contributed by atoms with Crippen LogP contribution in [0.3, 0.4) is 0 Å². The summed E-state index contributed by atoms with van der Waals surface area (Å²) in [6.45, 7) is 3.22. The minimum absolute atomic E-state index is 0.117. The van der Waals surface area contributed by atoms with Crippen molar-refractivity contribution in [2.75, 3.05) is 37.2 Å². The van der Waals surface area contributed by atoms with E-state index in [-0.39, 0.29) is 28.5 Å². The zero-order chi connectivity index (χ0) is 23.2. The Morgan fingerprint density at radius 1 is 1.13 bits per heavy atom. The smallest absolute Gasteiger partial charge is 0.335 e. The number of hydrogen-bond acceptors (Lipinski definition) is 9. The van der Waals surface area contributed by atoms with Crippen LogP contribution in [-0.2, 0) is 14.8 Å². The summed E-state index contributed by atoms with van der Waals surface area (Å²) in [6.07, 6.45) is 0. The second-order valence-electron chi connectivity index (χ2n) is 5.98. The number of anilines is 2. The predicted octanol–water partition coefficient (Wildman–Crippen LogP) is 2.10. The van der Waals surface area contributed by atoms with E-state index in [0.717, 1.165) is 0 Å². The highest BCUT2D eigenvalue weighted by Gasteiger charge is 2.24. The van der Waals surface area contributed by atoms with Crippen molar-refractivity contribution in [3.8, 4) is 11.8 Å². The molecular formula is C18H23N5O6S2. The number of carbonyl (C=O) groups excluding carboxylic acids is 2. The number of ether oxygens (including phenoxy) is 2. The van der Waals surface area contributed by atoms with Gasteiger partial charge in [0.1, 0.15) is 4.90 Å². The summed E-state index contributed by atoms with van der Waals surface area (Å²) in [4.78, 5) is 33.5. The number of carbonyl (C=O) groups is 2. The van der Waals surface area contributed by atoms with Crippen molar-refractivity contribution in [3.63, 3.8) is 0 Å². The molecule has 0 atom stereocenters. The van der Waals surface area contributed by atoms with E-state index in [1.54, 1.807) is 12.1 Å². The number of sulfonamides is 1. The van der Waals surface area contributed by atoms with Crippen LogP contribution in [0.4, 0.5) is 16.4 Å². The third kappa shape index (κ3) is 6.21. The number of hydrogen-bond donors (Lipinski definition) is 2. The van der Waals surface area contributed by atoms with Crippen LogP contribution in [0.25, 0.3) is 0 Å². The molecule has 0 bridgehead atoms. The van der Waals surface area contributed by atoms with Crippen LogP contribution in [0.1, 0.15) is 13.8 Å². The number of thioether (sulfide) groups is 1. The molecule has 1 heterocycles. The van der Waals surface area contributed by atoms with Gasteiger partial charge in [0.15, 0.2) is 0 Å². The molecule has 31 heavy (non-hydrogen) atoms. The molecule has 168 valence electrons. The molecule has 11 nitrogen and oxygen atoms in total. The number of aromatic nitrogens is 2. The van der Waals surface area contributed by atoms with Gasteiger partial charge in [-0.1, -0.05) is 6.92 Å². The van der Waals surface area contributed by atoms with Crippen molar-refractivity contribution >= 4 is 45.4 Å². The zero-order valence-corrected chi connectivity index (χ0v) is 19.3. The summed E-state index contributed by atoms with van der Waals surface area (Å²) in [7, 11) is -0.0241. The largest absolute Gasteiger partial charge is 0.481 e. The highest BCUT2D eigenvalue weighted by atomic mass is 32.2. The molecule has 2 N–H and O–H groups in total. The molecule has 0 aliphatic carbocycles. The molecular weight excluding hydrogens is 446 g/mol. The van der Waals surface area contributed by atoms with Crippen LogP contribution >= 0.6 is 11.8 Å². The Labute approximate surface area is 184 Å². The van der Waals surface area contributed by atoms with E-state index in [2.05, 4.69) is 15.3 Å². The van der Waals surface area contributed by atoms with Crippen molar-refractivity contribution < 1.29 is 27.5 Å². The van der Waals surface area contributed by atoms with Crippen LogP contribution in [-0.4, -0.2) is 57.3 Å². The Kier molecular flexibility index (Phi) is 8.05. The van der Waals surface area contributed by atoms with Gasteiger partial charge in [0, 0.05) is 24.6 Å². The second kappa shape index (κ2) is 10.3. The minimum atomic E-state index is -4.28. The molecule has 1 aromatic carbocycles. The van der Waals surface area contributed by atoms with E-state index in [0.29, 0.717) is 16.3 Å². The average molecular weight is 470 g/mol. The SMILES string of the molecule is CCSc1ccc(N(C)C(C)=O)cc1S(=O)(=O)NC(=O)Nc1nc(OC)cc(OC)n1. The van der Waals surface area contributed by atoms with Crippen LogP contribution in [0.2, 0.25) is 0 Å². The quantitative estimate of drug-likeness (QED) is 0.556. The fourth-order valence-corrected chi connectivity index (χ4v) is 4.54. The summed E-state index contributed by atoms with van der Waals surface area (Å²) in [5, 5.41) is 2.24. The maximum Gasteiger partial charge on any atom is 0.335 e. The number of rotatable bonds is 8. The third-order valence-corrected chi connectivity index (χ3v) is 6.38. The van der Waals surface area contributed by atoms with Crippen LogP contribution < -0.4 is 24.4 Å². The number of nitrogens with one attached hydrogen (secondary N) is 2. The lowest BCUT2D eigenvalue weighted by atomic mass is 10.3. The first kappa shape index (κ1) is 24.2. The number of methoxy groups -OCH3 is 2. The highest BCUT2D eigenvalue weighted by molar-refractivity contribution is 8.00. The van der Waals surface area contributed by atoms with Crippen LogP contribution in [0, 0.1) is 0 Å². The van der Waals surface area contributed by atoms with Gasteiger partial charge in [0.05, 0.1) is 20.3 Å². The molecule has 0 aliphatic heterocycles. The maximum atomic E-state index is 12.9. The van der Waals surface area contributed by atoms with Gasteiger partial charge in [0.25, 0.3) is 10.0 Å². The van der Waals surface area contributed by atoms with Crippen molar-refractivity contribution in [2.45, 2.75) is 23.6 Å². The van der Waals surface area contributed by atoms with Gasteiger partial charge in [-0.2, -0.15) is 9.97 Å². The summed E-state index contributed by atoms with van der Waals surface area (Å²) in [5.74, 6) is 0.359. The van der Waals surface area contributed by atoms with Crippen LogP contribution in [0.5, 0.6) is 11.8 Å². The third-order valence-electron chi connectivity index (χ3n) is 3.93. The molecule has 2 aromatic rings. The molecule has 0 unspecified atom stereocenters. The molecule has 0 saturated carbocycles. The predicted molar refractivity (Wildman–Crippen MR) is 116 cm³/mol. The fraction of sp³-hybridized carbons (Fsp3) is 0.333. The molecule has 0 spiro atoms. The molecule has 0 radical (unpaired) electrons. The number of amides is 3. The van der Waals surface area contributed by atoms with E-state index in [1.807, 2.05) is 11.6 Å². The molecule has 1 aromatic heterocycles. The first-order chi connectivity index (χ1) is 14.6. The average Bonchev–Trinajstić information content (AvgIpc) is 2.72. The molecule has 0 aliphatic rings. The van der Waals surface area contributed by atoms with E-state index < -0.39 is 16.1 Å². The number of benzene rings is 1. The maximum absolute atomic E-state index is 12.9. The van der Waals surface area contributed by atoms with Gasteiger partial charge in [-0.25, -0.2) is 17.9 Å². The summed E-state index contributed by atoms with van der Waals surface area (Å²) in [5.41, 5.74) is 0.370. The van der Waals surface area contributed by atoms with Gasteiger partial charge in [-0.3, -0.25) is 10.1 Å². The van der Waals surface area contributed by atoms with Gasteiger partial charge in [0.2, 0.25) is 23.6 Å². The van der Waals surface area contributed by atoms with Crippen molar-refractivity contribution in [1.82, 2.24) is 14.7 Å². The van der Waals surface area contributed by atoms with E-state index in [1.165, 1.54) is 57.0 Å². The molecule has 3 amide bonds. The number of nitrogens with zero attached hydrogens (tertiary/aromatic N) is 3. The summed E-state index contributed by atoms with van der Waals surface area (Å²) < 4.78 is 37.8. The topological polar surface area (TPSA) is 140 Å². The lowest BCUT2D eigenvalue weighted by Crippen LogP contribution is -2.35. The second-order valence-corrected chi connectivity index (χ2v) is 8.93. The monoisotopic (exact) mass is 469 g/mol. The summed E-state index contributed by atoms with van der Waals surface area (Å²) in [6, 6.07) is 4.87. The Hall–Kier alpha value is -3.06. The number of urea groups is 1. The lowest BCUT2D eigenvalue weighted by molar-refractivity contribution is -0.116. The lowest BCUT2D eigenvalue weighted by Gasteiger charge is -2.18. The Balaban J connectivity index is 2.33. The van der Waals surface area contributed by atoms with Gasteiger partial charge >= 0.3 is 6.03 Å². The zero-order valence-electron chi connectivity index (χ0n) is 17.6. The van der Waals surface area contributed by atoms with Gasteiger partial charge in [-0.05, 0) is 24.0 Å². The van der Waals surface area contributed by atoms with Crippen molar-refractivity contribution in [1.29, 1.82) is 0 Å². The first-order valence-corrected chi connectivity index (χ1v) is 11.4. The van der Waals surface area contributed by atoms with Crippen molar-refractivity contribution in [3.05, 3.63) is 24.3 Å². The van der Waals surface area contributed by atoms with Crippen LogP contribution in [0.15, 0.2) is 34.1 Å². The van der Waals surface area contributed by atoms with Gasteiger partial charge < -0.3 is 14.4 Å². The molecule has 0 fully saturated rings. The van der Waals surface area contributed by atoms with Crippen molar-refractivity contribution in [2.24, 2.45) is 0 Å². The molecule has 0 saturated heterocycles. The summed E-state index contributed by atoms with van der Waals surface area (Å²) >= 11 is 1.29. The molecule has 2 rings (SSSR count). The fourth-order valence-electron chi connectivity index (χ4n) is 2.34. The normalized spacial score (nSPS) is 10.9. The highest BCUT2D eigenvalue weighted by Crippen LogP contribution is 2.30. The van der Waals surface area contributed by atoms with Gasteiger partial charge in [-0.15, -0.1) is 11.8 Å². The first-order valence-electron chi connectivity index (χ1n) is 8.93. The van der Waals surface area contributed by atoms with E-state index in [4.69, 9.17) is 9.47 Å². The standard InChI is InChI=1S/C18H23N5O6S2/c1-6-30-13-8-7-12(23(3)11(2)24)9-14(13)31(26,27)22-18(25)21-17-19-15(28-4)10-16(20-17)29-5/h7-10H,6H2,1-5H3,(H2,19,20,21,22,25). The van der Waals surface area contributed by atoms with E-state index in [9.17, 15) is 18.0 Å². The minimum Gasteiger partial charge on any atom is -0.481 e. The molecule has 13 heteroatoms. The Morgan fingerprint density at radius 3 is 2.26 bits per heavy atom. The Morgan fingerprint density at radius 2 is 1.74 bits per heavy atom.